The number of pyridine rings is 1. The number of H-pyrrole nitrogens is 1. The molecule has 1 atom stereocenters. The summed E-state index contributed by atoms with van der Waals surface area (Å²) in [7, 11) is 1.66. The van der Waals surface area contributed by atoms with Crippen LogP contribution in [0.15, 0.2) is 42.5 Å². The molecule has 3 aromatic rings. The number of fused-ring (bicyclic) bond motifs is 1. The lowest BCUT2D eigenvalue weighted by Crippen LogP contribution is -2.26. The second kappa shape index (κ2) is 6.63. The Hall–Kier alpha value is -3.15. The third-order valence-electron chi connectivity index (χ3n) is 4.66. The summed E-state index contributed by atoms with van der Waals surface area (Å²) in [6.07, 6.45) is 0.674. The second-order valence-electron chi connectivity index (χ2n) is 6.43. The van der Waals surface area contributed by atoms with Crippen LogP contribution in [0.4, 0.5) is 0 Å². The van der Waals surface area contributed by atoms with E-state index in [1.54, 1.807) is 7.11 Å². The van der Waals surface area contributed by atoms with Crippen LogP contribution in [0, 0.1) is 6.92 Å². The molecular weight excluding hydrogens is 328 g/mol. The summed E-state index contributed by atoms with van der Waals surface area (Å²) in [5.41, 5.74) is 3.99. The minimum absolute atomic E-state index is 0.107. The summed E-state index contributed by atoms with van der Waals surface area (Å²) >= 11 is 0. The van der Waals surface area contributed by atoms with Gasteiger partial charge >= 0.3 is 0 Å². The molecule has 3 heterocycles. The van der Waals surface area contributed by atoms with Crippen LogP contribution in [0.5, 0.6) is 5.75 Å². The van der Waals surface area contributed by atoms with E-state index in [4.69, 9.17) is 4.74 Å². The number of rotatable bonds is 3. The van der Waals surface area contributed by atoms with Gasteiger partial charge in [0.2, 0.25) is 0 Å². The number of carbonyl (C=O) groups is 1. The number of benzene rings is 1. The number of ether oxygens (including phenoxy) is 1. The fourth-order valence-electron chi connectivity index (χ4n) is 3.38. The van der Waals surface area contributed by atoms with Crippen molar-refractivity contribution >= 4 is 5.91 Å². The first-order valence-electron chi connectivity index (χ1n) is 8.59. The highest BCUT2D eigenvalue weighted by molar-refractivity contribution is 5.94. The SMILES string of the molecule is COc1ccccc1[C@H]1CNC(=O)c2nc(-c3cccc(C)n3)[nH]c2C1. The van der Waals surface area contributed by atoms with E-state index >= 15 is 0 Å². The maximum atomic E-state index is 12.5. The zero-order chi connectivity index (χ0) is 18.1. The molecule has 1 aromatic carbocycles. The number of para-hydroxylation sites is 1. The van der Waals surface area contributed by atoms with Crippen molar-refractivity contribution in [1.29, 1.82) is 0 Å². The molecule has 2 N–H and O–H groups in total. The number of hydrogen-bond acceptors (Lipinski definition) is 4. The molecule has 0 fully saturated rings. The van der Waals surface area contributed by atoms with Crippen molar-refractivity contribution in [2.75, 3.05) is 13.7 Å². The van der Waals surface area contributed by atoms with Crippen molar-refractivity contribution in [3.05, 3.63) is 65.1 Å². The summed E-state index contributed by atoms with van der Waals surface area (Å²) in [6, 6.07) is 13.7. The van der Waals surface area contributed by atoms with Crippen LogP contribution in [0.1, 0.15) is 33.4 Å². The highest BCUT2D eigenvalue weighted by atomic mass is 16.5. The van der Waals surface area contributed by atoms with Gasteiger partial charge in [-0.1, -0.05) is 24.3 Å². The molecule has 4 rings (SSSR count). The summed E-state index contributed by atoms with van der Waals surface area (Å²) in [5.74, 6) is 1.40. The Bertz CT molecular complexity index is 964. The van der Waals surface area contributed by atoms with E-state index in [-0.39, 0.29) is 11.8 Å². The number of amides is 1. The van der Waals surface area contributed by atoms with E-state index in [0.29, 0.717) is 24.5 Å². The number of methoxy groups -OCH3 is 1. The van der Waals surface area contributed by atoms with Crippen LogP contribution >= 0.6 is 0 Å². The van der Waals surface area contributed by atoms with Gasteiger partial charge in [-0.15, -0.1) is 0 Å². The lowest BCUT2D eigenvalue weighted by molar-refractivity contribution is 0.0950. The molecule has 0 unspecified atom stereocenters. The molecule has 1 aliphatic heterocycles. The number of hydrogen-bond donors (Lipinski definition) is 2. The first-order valence-corrected chi connectivity index (χ1v) is 8.59. The Morgan fingerprint density at radius 2 is 1.96 bits per heavy atom. The molecule has 0 aliphatic carbocycles. The van der Waals surface area contributed by atoms with E-state index in [1.165, 1.54) is 0 Å². The van der Waals surface area contributed by atoms with Gasteiger partial charge in [-0.05, 0) is 37.1 Å². The Labute approximate surface area is 151 Å². The van der Waals surface area contributed by atoms with Crippen LogP contribution in [-0.4, -0.2) is 34.5 Å². The number of imidazole rings is 1. The summed E-state index contributed by atoms with van der Waals surface area (Å²) in [6.45, 7) is 2.48. The molecule has 0 saturated carbocycles. The van der Waals surface area contributed by atoms with Crippen molar-refractivity contribution < 1.29 is 9.53 Å². The van der Waals surface area contributed by atoms with E-state index in [1.807, 2.05) is 49.4 Å². The van der Waals surface area contributed by atoms with Gasteiger partial charge in [0.05, 0.1) is 7.11 Å². The van der Waals surface area contributed by atoms with Crippen LogP contribution < -0.4 is 10.1 Å². The van der Waals surface area contributed by atoms with E-state index in [2.05, 4.69) is 20.3 Å². The molecule has 6 heteroatoms. The lowest BCUT2D eigenvalue weighted by atomic mass is 9.93. The van der Waals surface area contributed by atoms with E-state index in [9.17, 15) is 4.79 Å². The quantitative estimate of drug-likeness (QED) is 0.763. The number of aromatic amines is 1. The topological polar surface area (TPSA) is 79.9 Å². The van der Waals surface area contributed by atoms with Gasteiger partial charge in [0.15, 0.2) is 5.82 Å². The summed E-state index contributed by atoms with van der Waals surface area (Å²) < 4.78 is 5.49. The van der Waals surface area contributed by atoms with Gasteiger partial charge in [-0.3, -0.25) is 4.79 Å². The third kappa shape index (κ3) is 2.94. The molecule has 26 heavy (non-hydrogen) atoms. The first kappa shape index (κ1) is 16.3. The smallest absolute Gasteiger partial charge is 0.271 e. The summed E-state index contributed by atoms with van der Waals surface area (Å²) in [4.78, 5) is 24.8. The van der Waals surface area contributed by atoms with Crippen molar-refractivity contribution in [2.24, 2.45) is 0 Å². The fraction of sp³-hybridized carbons (Fsp3) is 0.250. The number of carbonyl (C=O) groups excluding carboxylic acids is 1. The van der Waals surface area contributed by atoms with Crippen LogP contribution in [0.25, 0.3) is 11.5 Å². The van der Waals surface area contributed by atoms with Gasteiger partial charge < -0.3 is 15.0 Å². The summed E-state index contributed by atoms with van der Waals surface area (Å²) in [5, 5.41) is 2.98. The molecule has 132 valence electrons. The minimum Gasteiger partial charge on any atom is -0.496 e. The Kier molecular flexibility index (Phi) is 4.16. The van der Waals surface area contributed by atoms with Crippen molar-refractivity contribution in [3.8, 4) is 17.3 Å². The normalized spacial score (nSPS) is 16.5. The van der Waals surface area contributed by atoms with Gasteiger partial charge in [0.25, 0.3) is 5.91 Å². The van der Waals surface area contributed by atoms with Gasteiger partial charge in [0, 0.05) is 23.9 Å². The molecule has 6 nitrogen and oxygen atoms in total. The fourth-order valence-corrected chi connectivity index (χ4v) is 3.38. The minimum atomic E-state index is -0.160. The second-order valence-corrected chi connectivity index (χ2v) is 6.43. The molecule has 1 aliphatic rings. The van der Waals surface area contributed by atoms with E-state index in [0.717, 1.165) is 28.4 Å². The molecule has 0 radical (unpaired) electrons. The van der Waals surface area contributed by atoms with Crippen molar-refractivity contribution in [2.45, 2.75) is 19.3 Å². The number of nitrogens with one attached hydrogen (secondary N) is 2. The molecule has 0 spiro atoms. The molecule has 0 bridgehead atoms. The van der Waals surface area contributed by atoms with Crippen LogP contribution in [-0.2, 0) is 6.42 Å². The van der Waals surface area contributed by atoms with Crippen LogP contribution in [0.3, 0.4) is 0 Å². The monoisotopic (exact) mass is 348 g/mol. The highest BCUT2D eigenvalue weighted by Crippen LogP contribution is 2.31. The molecular formula is C20H20N4O2. The van der Waals surface area contributed by atoms with Crippen molar-refractivity contribution in [1.82, 2.24) is 20.3 Å². The van der Waals surface area contributed by atoms with Crippen LogP contribution in [0.2, 0.25) is 0 Å². The van der Waals surface area contributed by atoms with E-state index < -0.39 is 0 Å². The molecule has 2 aromatic heterocycles. The zero-order valence-corrected chi connectivity index (χ0v) is 14.7. The number of aryl methyl sites for hydroxylation is 1. The standard InChI is InChI=1S/C20H20N4O2/c1-12-6-5-8-15(22-12)19-23-16-10-13(11-21-20(25)18(16)24-19)14-7-3-4-9-17(14)26-2/h3-9,13H,10-11H2,1-2H3,(H,21,25)(H,23,24)/t13-/m1/s1. The van der Waals surface area contributed by atoms with Crippen molar-refractivity contribution in [3.63, 3.8) is 0 Å². The average molecular weight is 348 g/mol. The largest absolute Gasteiger partial charge is 0.496 e. The number of aromatic nitrogens is 3. The van der Waals surface area contributed by atoms with Gasteiger partial charge in [0.1, 0.15) is 17.1 Å². The van der Waals surface area contributed by atoms with Gasteiger partial charge in [-0.2, -0.15) is 0 Å². The maximum Gasteiger partial charge on any atom is 0.271 e. The third-order valence-corrected chi connectivity index (χ3v) is 4.66. The van der Waals surface area contributed by atoms with Gasteiger partial charge in [-0.25, -0.2) is 9.97 Å². The Morgan fingerprint density at radius 1 is 1.12 bits per heavy atom. The molecule has 0 saturated heterocycles. The first-order chi connectivity index (χ1) is 12.7. The highest BCUT2D eigenvalue weighted by Gasteiger charge is 2.28. The number of nitrogens with zero attached hydrogens (tertiary/aromatic N) is 2. The predicted molar refractivity (Wildman–Crippen MR) is 98.3 cm³/mol. The zero-order valence-electron chi connectivity index (χ0n) is 14.7. The average Bonchev–Trinajstić information content (AvgIpc) is 3.02. The maximum absolute atomic E-state index is 12.5. The molecule has 1 amide bonds. The Morgan fingerprint density at radius 3 is 2.77 bits per heavy atom. The Balaban J connectivity index is 1.72. The predicted octanol–water partition coefficient (Wildman–Crippen LogP) is 2.86. The lowest BCUT2D eigenvalue weighted by Gasteiger charge is -2.17.